The van der Waals surface area contributed by atoms with Gasteiger partial charge in [0, 0.05) is 29.8 Å². The van der Waals surface area contributed by atoms with Crippen LogP contribution in [0.1, 0.15) is 21.6 Å². The number of nitrogens with zero attached hydrogens (tertiary/aromatic N) is 2. The average molecular weight is 779 g/mol. The third-order valence-corrected chi connectivity index (χ3v) is 10.2. The quantitative estimate of drug-likeness (QED) is 0.0564. The minimum absolute atomic E-state index is 0.175. The van der Waals surface area contributed by atoms with Gasteiger partial charge in [0.05, 0.1) is 22.7 Å². The Labute approximate surface area is 317 Å². The Bertz CT molecular complexity index is 1900. The van der Waals surface area contributed by atoms with E-state index in [-0.39, 0.29) is 5.78 Å². The van der Waals surface area contributed by atoms with E-state index < -0.39 is 11.8 Å². The van der Waals surface area contributed by atoms with Crippen molar-refractivity contribution in [3.8, 4) is 0 Å². The second kappa shape index (κ2) is 17.0. The number of halogens is 4. The SMILES string of the molecule is O=C(C(C(=Nc1ccc(Cl)cc1)NNc1ccc(Cl)cc1)c1cccs1)C(C(=Nc1ccc(Cl)cc1)NNc1ccc(Cl)cc1)c1cccs1. The van der Waals surface area contributed by atoms with E-state index in [2.05, 4.69) is 21.7 Å². The molecule has 0 bridgehead atoms. The number of aliphatic imine (C=N–C) groups is 2. The first-order valence-corrected chi connectivity index (χ1v) is 18.4. The highest BCUT2D eigenvalue weighted by Crippen LogP contribution is 2.35. The summed E-state index contributed by atoms with van der Waals surface area (Å²) in [4.78, 5) is 26.9. The van der Waals surface area contributed by atoms with Crippen molar-refractivity contribution >= 4 is 109 Å². The van der Waals surface area contributed by atoms with E-state index in [4.69, 9.17) is 56.4 Å². The maximum absolute atomic E-state index is 15.4. The summed E-state index contributed by atoms with van der Waals surface area (Å²) in [6.07, 6.45) is 0. The van der Waals surface area contributed by atoms with Gasteiger partial charge in [0.1, 0.15) is 23.5 Å². The molecule has 0 amide bonds. The first kappa shape index (κ1) is 35.5. The first-order chi connectivity index (χ1) is 24.3. The summed E-state index contributed by atoms with van der Waals surface area (Å²) < 4.78 is 0. The second-order valence-electron chi connectivity index (χ2n) is 10.8. The van der Waals surface area contributed by atoms with Crippen molar-refractivity contribution in [2.75, 3.05) is 10.9 Å². The predicted octanol–water partition coefficient (Wildman–Crippen LogP) is 11.6. The van der Waals surface area contributed by atoms with E-state index >= 15 is 4.79 Å². The molecule has 0 saturated heterocycles. The standard InChI is InChI=1S/C37H28Cl4N6OS2/c38-23-5-13-27(14-6-23)42-36(46-44-29-17-9-25(40)10-18-29)33(31-3-1-21-49-31)35(48)34(32-4-2-22-50-32)37(43-28-15-7-24(39)8-16-28)47-45-30-19-11-26(41)12-20-30/h1-22,33-34,44-45H,(H,42,46)(H,43,47). The number of amidine groups is 2. The van der Waals surface area contributed by atoms with Crippen molar-refractivity contribution < 1.29 is 4.79 Å². The molecule has 4 aromatic carbocycles. The van der Waals surface area contributed by atoms with Crippen LogP contribution in [0, 0.1) is 0 Å². The lowest BCUT2D eigenvalue weighted by molar-refractivity contribution is -0.119. The molecule has 2 atom stereocenters. The Balaban J connectivity index is 1.46. The summed E-state index contributed by atoms with van der Waals surface area (Å²) in [5.41, 5.74) is 15.6. The molecule has 13 heteroatoms. The zero-order valence-electron chi connectivity index (χ0n) is 26.0. The Morgan fingerprint density at radius 3 is 1.16 bits per heavy atom. The van der Waals surface area contributed by atoms with Gasteiger partial charge in [-0.1, -0.05) is 58.5 Å². The monoisotopic (exact) mass is 776 g/mol. The number of hydrazine groups is 2. The number of Topliss-reactive ketones (excluding diaryl/α,β-unsaturated/α-hetero) is 1. The number of thiophene rings is 2. The number of carbonyl (C=O) groups excluding carboxylic acids is 1. The molecule has 0 fully saturated rings. The minimum atomic E-state index is -0.856. The molecule has 0 aliphatic heterocycles. The Hall–Kier alpha value is -4.35. The van der Waals surface area contributed by atoms with Gasteiger partial charge in [-0.15, -0.1) is 22.7 Å². The predicted molar refractivity (Wildman–Crippen MR) is 213 cm³/mol. The largest absolute Gasteiger partial charge is 0.300 e. The fraction of sp³-hybridized carbons (Fsp3) is 0.0541. The van der Waals surface area contributed by atoms with Crippen molar-refractivity contribution in [2.24, 2.45) is 9.98 Å². The van der Waals surface area contributed by atoms with E-state index in [1.807, 2.05) is 59.3 Å². The topological polar surface area (TPSA) is 89.9 Å². The van der Waals surface area contributed by atoms with Gasteiger partial charge in [-0.3, -0.25) is 26.5 Å². The van der Waals surface area contributed by atoms with Crippen LogP contribution in [0.2, 0.25) is 20.1 Å². The molecule has 0 aliphatic rings. The summed E-state index contributed by atoms with van der Waals surface area (Å²) in [5.74, 6) is -1.15. The molecule has 6 rings (SSSR count). The molecule has 0 radical (unpaired) electrons. The number of ketones is 1. The van der Waals surface area contributed by atoms with Crippen molar-refractivity contribution in [1.82, 2.24) is 10.9 Å². The lowest BCUT2D eigenvalue weighted by atomic mass is 9.88. The minimum Gasteiger partial charge on any atom is -0.300 e. The van der Waals surface area contributed by atoms with Gasteiger partial charge in [0.2, 0.25) is 0 Å². The number of anilines is 2. The van der Waals surface area contributed by atoms with Gasteiger partial charge in [0.25, 0.3) is 0 Å². The highest BCUT2D eigenvalue weighted by Gasteiger charge is 2.38. The number of rotatable bonds is 12. The molecule has 2 aromatic heterocycles. The molecule has 252 valence electrons. The van der Waals surface area contributed by atoms with Crippen molar-refractivity contribution in [2.45, 2.75) is 11.8 Å². The lowest BCUT2D eigenvalue weighted by Crippen LogP contribution is -2.43. The molecule has 6 aromatic rings. The fourth-order valence-corrected chi connectivity index (χ4v) is 7.05. The third-order valence-electron chi connectivity index (χ3n) is 7.28. The molecule has 50 heavy (non-hydrogen) atoms. The van der Waals surface area contributed by atoms with Crippen LogP contribution in [-0.2, 0) is 4.79 Å². The van der Waals surface area contributed by atoms with Crippen LogP contribution >= 0.6 is 69.1 Å². The van der Waals surface area contributed by atoms with Crippen LogP contribution in [0.25, 0.3) is 0 Å². The number of hydrogen-bond donors (Lipinski definition) is 4. The van der Waals surface area contributed by atoms with Crippen LogP contribution in [0.5, 0.6) is 0 Å². The van der Waals surface area contributed by atoms with E-state index in [1.54, 1.807) is 72.8 Å². The van der Waals surface area contributed by atoms with Crippen LogP contribution in [0.15, 0.2) is 142 Å². The van der Waals surface area contributed by atoms with Gasteiger partial charge >= 0.3 is 0 Å². The van der Waals surface area contributed by atoms with Crippen LogP contribution < -0.4 is 21.7 Å². The normalized spacial score (nSPS) is 13.0. The van der Waals surface area contributed by atoms with E-state index in [9.17, 15) is 0 Å². The number of benzene rings is 4. The smallest absolute Gasteiger partial charge is 0.164 e. The summed E-state index contributed by atoms with van der Waals surface area (Å²) in [5, 5.41) is 6.22. The third kappa shape index (κ3) is 9.45. The molecule has 0 aliphatic carbocycles. The summed E-state index contributed by atoms with van der Waals surface area (Å²) in [6.45, 7) is 0. The highest BCUT2D eigenvalue weighted by molar-refractivity contribution is 7.10. The molecule has 7 nitrogen and oxygen atoms in total. The Kier molecular flexibility index (Phi) is 12.1. The summed E-state index contributed by atoms with van der Waals surface area (Å²) in [6, 6.07) is 36.3. The van der Waals surface area contributed by atoms with Crippen molar-refractivity contribution in [1.29, 1.82) is 0 Å². The lowest BCUT2D eigenvalue weighted by Gasteiger charge is -2.26. The summed E-state index contributed by atoms with van der Waals surface area (Å²) in [7, 11) is 0. The number of nitrogens with one attached hydrogen (secondary N) is 4. The Morgan fingerprint density at radius 1 is 0.500 bits per heavy atom. The van der Waals surface area contributed by atoms with Gasteiger partial charge in [-0.05, 0) is 120 Å². The van der Waals surface area contributed by atoms with Gasteiger partial charge < -0.3 is 0 Å². The maximum Gasteiger partial charge on any atom is 0.164 e. The molecular weight excluding hydrogens is 750 g/mol. The Morgan fingerprint density at radius 2 is 0.840 bits per heavy atom. The first-order valence-electron chi connectivity index (χ1n) is 15.2. The molecule has 2 heterocycles. The van der Waals surface area contributed by atoms with Crippen LogP contribution in [0.4, 0.5) is 22.7 Å². The average Bonchev–Trinajstić information content (AvgIpc) is 3.85. The van der Waals surface area contributed by atoms with Crippen LogP contribution in [-0.4, -0.2) is 17.5 Å². The second-order valence-corrected chi connectivity index (χ2v) is 14.5. The van der Waals surface area contributed by atoms with Gasteiger partial charge in [0.15, 0.2) is 5.78 Å². The molecule has 0 spiro atoms. The number of carbonyl (C=O) groups is 1. The highest BCUT2D eigenvalue weighted by atomic mass is 35.5. The van der Waals surface area contributed by atoms with E-state index in [1.165, 1.54) is 22.7 Å². The van der Waals surface area contributed by atoms with Gasteiger partial charge in [-0.2, -0.15) is 0 Å². The van der Waals surface area contributed by atoms with Crippen LogP contribution in [0.3, 0.4) is 0 Å². The van der Waals surface area contributed by atoms with Gasteiger partial charge in [-0.25, -0.2) is 9.98 Å². The number of hydrogen-bond acceptors (Lipinski definition) is 7. The van der Waals surface area contributed by atoms with E-state index in [0.29, 0.717) is 43.1 Å². The van der Waals surface area contributed by atoms with E-state index in [0.717, 1.165) is 21.1 Å². The summed E-state index contributed by atoms with van der Waals surface area (Å²) >= 11 is 27.6. The molecule has 0 saturated carbocycles. The zero-order chi connectivity index (χ0) is 34.9. The van der Waals surface area contributed by atoms with Crippen molar-refractivity contribution in [3.63, 3.8) is 0 Å². The molecular formula is C37H28Cl4N6OS2. The molecule has 4 N–H and O–H groups in total. The zero-order valence-corrected chi connectivity index (χ0v) is 30.6. The van der Waals surface area contributed by atoms with Crippen molar-refractivity contribution in [3.05, 3.63) is 162 Å². The fourth-order valence-electron chi connectivity index (χ4n) is 4.87. The molecule has 2 unspecified atom stereocenters. The maximum atomic E-state index is 15.4.